The van der Waals surface area contributed by atoms with E-state index in [0.29, 0.717) is 0 Å². The van der Waals surface area contributed by atoms with Crippen LogP contribution in [0.25, 0.3) is 0 Å². The number of benzene rings is 2. The lowest BCUT2D eigenvalue weighted by Crippen LogP contribution is -2.14. The molecule has 0 aliphatic rings. The molecule has 0 aliphatic carbocycles. The molecule has 0 heterocycles. The van der Waals surface area contributed by atoms with Crippen molar-refractivity contribution in [2.45, 2.75) is 19.9 Å². The van der Waals surface area contributed by atoms with Gasteiger partial charge >= 0.3 is 0 Å². The van der Waals surface area contributed by atoms with Gasteiger partial charge in [0.2, 0.25) is 0 Å². The van der Waals surface area contributed by atoms with E-state index in [1.165, 1.54) is 5.56 Å². The molecule has 1 nitrogen and oxygen atoms in total. The van der Waals surface area contributed by atoms with Gasteiger partial charge in [-0.2, -0.15) is 0 Å². The van der Waals surface area contributed by atoms with Gasteiger partial charge in [-0.05, 0) is 42.2 Å². The zero-order valence-electron chi connectivity index (χ0n) is 10.1. The van der Waals surface area contributed by atoms with Crippen molar-refractivity contribution in [1.82, 2.24) is 0 Å². The summed E-state index contributed by atoms with van der Waals surface area (Å²) in [7, 11) is 0. The molecule has 2 N–H and O–H groups in total. The highest BCUT2D eigenvalue weighted by Crippen LogP contribution is 2.28. The second-order valence-corrected chi connectivity index (χ2v) is 4.70. The Balaban J connectivity index is 2.48. The van der Waals surface area contributed by atoms with Crippen molar-refractivity contribution in [2.75, 3.05) is 0 Å². The van der Waals surface area contributed by atoms with Crippen molar-refractivity contribution < 1.29 is 0 Å². The van der Waals surface area contributed by atoms with E-state index in [1.54, 1.807) is 0 Å². The minimum atomic E-state index is -0.116. The van der Waals surface area contributed by atoms with Crippen LogP contribution in [-0.2, 0) is 0 Å². The zero-order valence-corrected chi connectivity index (χ0v) is 10.8. The molecule has 0 bridgehead atoms. The highest BCUT2D eigenvalue weighted by molar-refractivity contribution is 6.31. The third kappa shape index (κ3) is 2.36. The summed E-state index contributed by atoms with van der Waals surface area (Å²) in [5.74, 6) is 0. The lowest BCUT2D eigenvalue weighted by atomic mass is 9.93. The second-order valence-electron chi connectivity index (χ2n) is 4.29. The number of rotatable bonds is 2. The van der Waals surface area contributed by atoms with Crippen LogP contribution in [0, 0.1) is 13.8 Å². The van der Waals surface area contributed by atoms with Crippen LogP contribution in [0.3, 0.4) is 0 Å². The predicted molar refractivity (Wildman–Crippen MR) is 73.4 cm³/mol. The molecule has 0 aliphatic heterocycles. The van der Waals surface area contributed by atoms with E-state index in [0.717, 1.165) is 21.7 Å². The number of halogens is 1. The first-order valence-electron chi connectivity index (χ1n) is 5.67. The van der Waals surface area contributed by atoms with E-state index in [2.05, 4.69) is 19.1 Å². The maximum Gasteiger partial charge on any atom is 0.0557 e. The van der Waals surface area contributed by atoms with Crippen LogP contribution in [0.4, 0.5) is 0 Å². The van der Waals surface area contributed by atoms with Crippen LogP contribution in [-0.4, -0.2) is 0 Å². The lowest BCUT2D eigenvalue weighted by Gasteiger charge is -2.18. The predicted octanol–water partition coefficient (Wildman–Crippen LogP) is 4.00. The molecule has 1 atom stereocenters. The topological polar surface area (TPSA) is 26.0 Å². The van der Waals surface area contributed by atoms with Crippen molar-refractivity contribution in [2.24, 2.45) is 5.73 Å². The monoisotopic (exact) mass is 245 g/mol. The van der Waals surface area contributed by atoms with E-state index >= 15 is 0 Å². The number of aryl methyl sites for hydroxylation is 1. The molecule has 0 radical (unpaired) electrons. The highest BCUT2D eigenvalue weighted by atomic mass is 35.5. The molecule has 17 heavy (non-hydrogen) atoms. The summed E-state index contributed by atoms with van der Waals surface area (Å²) in [4.78, 5) is 0. The zero-order chi connectivity index (χ0) is 12.4. The third-order valence-electron chi connectivity index (χ3n) is 3.17. The van der Waals surface area contributed by atoms with Crippen molar-refractivity contribution in [3.8, 4) is 0 Å². The molecule has 0 saturated carbocycles. The quantitative estimate of drug-likeness (QED) is 0.850. The van der Waals surface area contributed by atoms with Gasteiger partial charge in [0.05, 0.1) is 6.04 Å². The Bertz CT molecular complexity index is 534. The summed E-state index contributed by atoms with van der Waals surface area (Å²) in [6, 6.07) is 14.0. The molecular weight excluding hydrogens is 230 g/mol. The van der Waals surface area contributed by atoms with E-state index < -0.39 is 0 Å². The van der Waals surface area contributed by atoms with Crippen LogP contribution in [0.2, 0.25) is 5.02 Å². The van der Waals surface area contributed by atoms with Gasteiger partial charge in [-0.25, -0.2) is 0 Å². The number of hydrogen-bond donors (Lipinski definition) is 1. The summed E-state index contributed by atoms with van der Waals surface area (Å²) in [6.07, 6.45) is 0. The fourth-order valence-corrected chi connectivity index (χ4v) is 2.25. The molecule has 0 fully saturated rings. The summed E-state index contributed by atoms with van der Waals surface area (Å²) >= 11 is 6.13. The van der Waals surface area contributed by atoms with Gasteiger partial charge in [-0.3, -0.25) is 0 Å². The maximum absolute atomic E-state index is 6.33. The first-order chi connectivity index (χ1) is 8.11. The van der Waals surface area contributed by atoms with Crippen LogP contribution < -0.4 is 5.73 Å². The second kappa shape index (κ2) is 4.91. The molecule has 0 aromatic heterocycles. The van der Waals surface area contributed by atoms with Crippen LogP contribution >= 0.6 is 11.6 Å². The minimum Gasteiger partial charge on any atom is -0.320 e. The summed E-state index contributed by atoms with van der Waals surface area (Å²) in [6.45, 7) is 4.09. The Morgan fingerprint density at radius 1 is 0.941 bits per heavy atom. The lowest BCUT2D eigenvalue weighted by molar-refractivity contribution is 0.852. The van der Waals surface area contributed by atoms with Crippen molar-refractivity contribution >= 4 is 11.6 Å². The SMILES string of the molecule is Cc1ccccc1C(N)c1cccc(Cl)c1C. The molecule has 88 valence electrons. The Hall–Kier alpha value is -1.31. The number of nitrogens with two attached hydrogens (primary N) is 1. The van der Waals surface area contributed by atoms with Crippen LogP contribution in [0.1, 0.15) is 28.3 Å². The van der Waals surface area contributed by atoms with Gasteiger partial charge in [0.15, 0.2) is 0 Å². The normalized spacial score (nSPS) is 12.5. The van der Waals surface area contributed by atoms with Gasteiger partial charge in [-0.15, -0.1) is 0 Å². The van der Waals surface area contributed by atoms with Gasteiger partial charge in [0, 0.05) is 5.02 Å². The fraction of sp³-hybridized carbons (Fsp3) is 0.200. The Morgan fingerprint density at radius 2 is 1.59 bits per heavy atom. The van der Waals surface area contributed by atoms with E-state index in [1.807, 2.05) is 37.3 Å². The average Bonchev–Trinajstić information content (AvgIpc) is 2.32. The molecule has 2 heteroatoms. The molecule has 2 rings (SSSR count). The molecule has 2 aromatic rings. The van der Waals surface area contributed by atoms with Crippen LogP contribution in [0.5, 0.6) is 0 Å². The van der Waals surface area contributed by atoms with Crippen molar-refractivity contribution in [3.63, 3.8) is 0 Å². The summed E-state index contributed by atoms with van der Waals surface area (Å²) in [5, 5.41) is 0.770. The van der Waals surface area contributed by atoms with Gasteiger partial charge < -0.3 is 5.73 Å². The molecule has 0 saturated heterocycles. The minimum absolute atomic E-state index is 0.116. The largest absolute Gasteiger partial charge is 0.320 e. The standard InChI is InChI=1S/C15H16ClN/c1-10-6-3-4-7-12(10)15(17)13-8-5-9-14(16)11(13)2/h3-9,15H,17H2,1-2H3. The Morgan fingerprint density at radius 3 is 2.29 bits per heavy atom. The summed E-state index contributed by atoms with van der Waals surface area (Å²) in [5.41, 5.74) is 10.8. The molecular formula is C15H16ClN. The van der Waals surface area contributed by atoms with E-state index in [-0.39, 0.29) is 6.04 Å². The average molecular weight is 246 g/mol. The Labute approximate surface area is 107 Å². The smallest absolute Gasteiger partial charge is 0.0557 e. The first-order valence-corrected chi connectivity index (χ1v) is 6.05. The van der Waals surface area contributed by atoms with Gasteiger partial charge in [-0.1, -0.05) is 48.0 Å². The molecule has 2 aromatic carbocycles. The molecule has 0 amide bonds. The summed E-state index contributed by atoms with van der Waals surface area (Å²) < 4.78 is 0. The van der Waals surface area contributed by atoms with Crippen molar-refractivity contribution in [3.05, 3.63) is 69.7 Å². The first kappa shape index (κ1) is 12.2. The van der Waals surface area contributed by atoms with E-state index in [9.17, 15) is 0 Å². The number of hydrogen-bond acceptors (Lipinski definition) is 1. The van der Waals surface area contributed by atoms with Crippen molar-refractivity contribution in [1.29, 1.82) is 0 Å². The van der Waals surface area contributed by atoms with Gasteiger partial charge in [0.1, 0.15) is 0 Å². The maximum atomic E-state index is 6.33. The molecule has 1 unspecified atom stereocenters. The van der Waals surface area contributed by atoms with Crippen LogP contribution in [0.15, 0.2) is 42.5 Å². The highest BCUT2D eigenvalue weighted by Gasteiger charge is 2.14. The Kier molecular flexibility index (Phi) is 3.51. The van der Waals surface area contributed by atoms with Gasteiger partial charge in [0.25, 0.3) is 0 Å². The van der Waals surface area contributed by atoms with E-state index in [4.69, 9.17) is 17.3 Å². The fourth-order valence-electron chi connectivity index (χ4n) is 2.06. The molecule has 0 spiro atoms. The third-order valence-corrected chi connectivity index (χ3v) is 3.58.